The van der Waals surface area contributed by atoms with Crippen molar-refractivity contribution in [3.05, 3.63) is 12.3 Å². The van der Waals surface area contributed by atoms with E-state index in [1.54, 1.807) is 12.3 Å². The van der Waals surface area contributed by atoms with E-state index in [0.29, 0.717) is 25.7 Å². The van der Waals surface area contributed by atoms with Gasteiger partial charge in [-0.15, -0.1) is 0 Å². The third-order valence-corrected chi connectivity index (χ3v) is 3.20. The topological polar surface area (TPSA) is 59.5 Å². The Balaban J connectivity index is 2.04. The van der Waals surface area contributed by atoms with E-state index in [9.17, 15) is 0 Å². The molecule has 112 valence electrons. The van der Waals surface area contributed by atoms with Crippen molar-refractivity contribution >= 4 is 5.95 Å². The lowest BCUT2D eigenvalue weighted by atomic mass is 10.2. The average molecular weight is 280 g/mol. The first-order valence-corrected chi connectivity index (χ1v) is 7.36. The zero-order valence-corrected chi connectivity index (χ0v) is 12.3. The maximum absolute atomic E-state index is 5.57. The highest BCUT2D eigenvalue weighted by Gasteiger charge is 2.25. The van der Waals surface area contributed by atoms with E-state index in [-0.39, 0.29) is 6.04 Å². The highest BCUT2D eigenvalue weighted by Crippen LogP contribution is 2.17. The van der Waals surface area contributed by atoms with E-state index < -0.39 is 0 Å². The Morgan fingerprint density at radius 3 is 3.20 bits per heavy atom. The van der Waals surface area contributed by atoms with Gasteiger partial charge >= 0.3 is 0 Å². The van der Waals surface area contributed by atoms with Gasteiger partial charge in [0.1, 0.15) is 0 Å². The highest BCUT2D eigenvalue weighted by atomic mass is 16.5. The molecule has 2 heterocycles. The summed E-state index contributed by atoms with van der Waals surface area (Å²) in [5.41, 5.74) is 0. The fourth-order valence-corrected chi connectivity index (χ4v) is 2.23. The molecule has 1 aromatic heterocycles. The molecule has 1 unspecified atom stereocenters. The minimum Gasteiger partial charge on any atom is -0.478 e. The van der Waals surface area contributed by atoms with E-state index in [1.165, 1.54) is 0 Å². The van der Waals surface area contributed by atoms with Crippen LogP contribution in [0.1, 0.15) is 20.3 Å². The Kier molecular flexibility index (Phi) is 6.01. The highest BCUT2D eigenvalue weighted by molar-refractivity contribution is 5.34. The van der Waals surface area contributed by atoms with E-state index in [2.05, 4.69) is 27.1 Å². The molecule has 20 heavy (non-hydrogen) atoms. The first-order chi connectivity index (χ1) is 9.85. The minimum atomic E-state index is 0.271. The summed E-state index contributed by atoms with van der Waals surface area (Å²) in [5, 5.41) is 3.44. The lowest BCUT2D eigenvalue weighted by molar-refractivity contribution is 0.0928. The Bertz CT molecular complexity index is 403. The fraction of sp³-hybridized carbons (Fsp3) is 0.714. The summed E-state index contributed by atoms with van der Waals surface area (Å²) in [5.74, 6) is 1.35. The second-order valence-electron chi connectivity index (χ2n) is 4.75. The molecule has 0 amide bonds. The van der Waals surface area contributed by atoms with Gasteiger partial charge < -0.3 is 19.7 Å². The van der Waals surface area contributed by atoms with Crippen molar-refractivity contribution in [1.82, 2.24) is 15.3 Å². The third kappa shape index (κ3) is 4.05. The monoisotopic (exact) mass is 280 g/mol. The van der Waals surface area contributed by atoms with Crippen molar-refractivity contribution < 1.29 is 9.47 Å². The van der Waals surface area contributed by atoms with Gasteiger partial charge in [0, 0.05) is 25.4 Å². The summed E-state index contributed by atoms with van der Waals surface area (Å²) in [7, 11) is 0. The number of aromatic nitrogens is 2. The van der Waals surface area contributed by atoms with Crippen LogP contribution in [0.2, 0.25) is 0 Å². The number of rotatable bonds is 7. The molecule has 1 saturated heterocycles. The van der Waals surface area contributed by atoms with Crippen LogP contribution < -0.4 is 15.0 Å². The van der Waals surface area contributed by atoms with Crippen molar-refractivity contribution in [1.29, 1.82) is 0 Å². The summed E-state index contributed by atoms with van der Waals surface area (Å²) in [6, 6.07) is 2.06. The molecule has 0 bridgehead atoms. The van der Waals surface area contributed by atoms with Crippen LogP contribution in [0, 0.1) is 0 Å². The summed E-state index contributed by atoms with van der Waals surface area (Å²) in [6.07, 6.45) is 2.88. The largest absolute Gasteiger partial charge is 0.478 e. The van der Waals surface area contributed by atoms with E-state index >= 15 is 0 Å². The Morgan fingerprint density at radius 2 is 2.40 bits per heavy atom. The Labute approximate surface area is 120 Å². The number of nitrogens with zero attached hydrogens (tertiary/aromatic N) is 3. The summed E-state index contributed by atoms with van der Waals surface area (Å²) in [4.78, 5) is 11.1. The zero-order chi connectivity index (χ0) is 14.2. The standard InChI is InChI=1S/C14H24N4O2/c1-3-6-15-10-12-11-19-9-8-18(12)14-16-7-5-13(17-14)20-4-2/h5,7,12,15H,3-4,6,8-11H2,1-2H3. The minimum absolute atomic E-state index is 0.271. The molecule has 1 atom stereocenters. The van der Waals surface area contributed by atoms with Gasteiger partial charge in [-0.1, -0.05) is 6.92 Å². The van der Waals surface area contributed by atoms with Crippen molar-refractivity contribution in [2.24, 2.45) is 0 Å². The van der Waals surface area contributed by atoms with Crippen LogP contribution in [0.15, 0.2) is 12.3 Å². The van der Waals surface area contributed by atoms with Crippen molar-refractivity contribution in [2.45, 2.75) is 26.3 Å². The molecule has 0 aromatic carbocycles. The number of hydrogen-bond acceptors (Lipinski definition) is 6. The van der Waals surface area contributed by atoms with Gasteiger partial charge in [-0.2, -0.15) is 4.98 Å². The van der Waals surface area contributed by atoms with Gasteiger partial charge in [0.15, 0.2) is 0 Å². The molecular formula is C14H24N4O2. The van der Waals surface area contributed by atoms with Crippen molar-refractivity contribution in [3.8, 4) is 5.88 Å². The molecule has 0 aliphatic carbocycles. The molecule has 6 heteroatoms. The number of morpholine rings is 1. The van der Waals surface area contributed by atoms with Gasteiger partial charge in [-0.05, 0) is 19.9 Å². The van der Waals surface area contributed by atoms with Crippen LogP contribution in [-0.2, 0) is 4.74 Å². The van der Waals surface area contributed by atoms with E-state index in [0.717, 1.165) is 32.0 Å². The van der Waals surface area contributed by atoms with Crippen LogP contribution in [0.4, 0.5) is 5.95 Å². The Morgan fingerprint density at radius 1 is 1.50 bits per heavy atom. The van der Waals surface area contributed by atoms with Crippen LogP contribution in [0.5, 0.6) is 5.88 Å². The molecule has 1 aliphatic heterocycles. The third-order valence-electron chi connectivity index (χ3n) is 3.20. The SMILES string of the molecule is CCCNCC1COCCN1c1nccc(OCC)n1. The lowest BCUT2D eigenvalue weighted by Gasteiger charge is -2.35. The molecule has 6 nitrogen and oxygen atoms in total. The van der Waals surface area contributed by atoms with Gasteiger partial charge in [0.2, 0.25) is 11.8 Å². The predicted molar refractivity (Wildman–Crippen MR) is 78.3 cm³/mol. The maximum Gasteiger partial charge on any atom is 0.229 e. The number of anilines is 1. The zero-order valence-electron chi connectivity index (χ0n) is 12.3. The molecule has 2 rings (SSSR count). The first-order valence-electron chi connectivity index (χ1n) is 7.36. The molecular weight excluding hydrogens is 256 g/mol. The van der Waals surface area contributed by atoms with Crippen LogP contribution in [-0.4, -0.2) is 55.5 Å². The quantitative estimate of drug-likeness (QED) is 0.754. The first kappa shape index (κ1) is 15.0. The molecule has 1 fully saturated rings. The van der Waals surface area contributed by atoms with E-state index in [4.69, 9.17) is 9.47 Å². The molecule has 0 spiro atoms. The molecule has 0 radical (unpaired) electrons. The van der Waals surface area contributed by atoms with Gasteiger partial charge in [0.25, 0.3) is 0 Å². The second kappa shape index (κ2) is 8.01. The second-order valence-corrected chi connectivity index (χ2v) is 4.75. The van der Waals surface area contributed by atoms with Crippen LogP contribution >= 0.6 is 0 Å². The lowest BCUT2D eigenvalue weighted by Crippen LogP contribution is -2.51. The van der Waals surface area contributed by atoms with Crippen molar-refractivity contribution in [3.63, 3.8) is 0 Å². The summed E-state index contributed by atoms with van der Waals surface area (Å²) in [6.45, 7) is 8.87. The fourth-order valence-electron chi connectivity index (χ4n) is 2.23. The molecule has 1 aromatic rings. The summed E-state index contributed by atoms with van der Waals surface area (Å²) < 4.78 is 11.0. The van der Waals surface area contributed by atoms with Gasteiger partial charge in [0.05, 0.1) is 25.9 Å². The smallest absolute Gasteiger partial charge is 0.229 e. The average Bonchev–Trinajstić information content (AvgIpc) is 2.49. The normalized spacial score (nSPS) is 19.1. The number of ether oxygens (including phenoxy) is 2. The molecule has 0 saturated carbocycles. The van der Waals surface area contributed by atoms with Crippen LogP contribution in [0.25, 0.3) is 0 Å². The van der Waals surface area contributed by atoms with Crippen molar-refractivity contribution in [2.75, 3.05) is 44.4 Å². The van der Waals surface area contributed by atoms with E-state index in [1.807, 2.05) is 6.92 Å². The van der Waals surface area contributed by atoms with Crippen LogP contribution in [0.3, 0.4) is 0 Å². The van der Waals surface area contributed by atoms with Gasteiger partial charge in [-0.25, -0.2) is 4.98 Å². The number of nitrogens with one attached hydrogen (secondary N) is 1. The molecule has 1 N–H and O–H groups in total. The number of hydrogen-bond donors (Lipinski definition) is 1. The Hall–Kier alpha value is -1.40. The predicted octanol–water partition coefficient (Wildman–Crippen LogP) is 1.08. The summed E-state index contributed by atoms with van der Waals surface area (Å²) >= 11 is 0. The molecule has 1 aliphatic rings. The maximum atomic E-state index is 5.57. The van der Waals surface area contributed by atoms with Gasteiger partial charge in [-0.3, -0.25) is 0 Å².